The van der Waals surface area contributed by atoms with E-state index in [4.69, 9.17) is 9.47 Å². The second-order valence-corrected chi connectivity index (χ2v) is 6.51. The van der Waals surface area contributed by atoms with Crippen molar-refractivity contribution in [3.05, 3.63) is 49.2 Å². The van der Waals surface area contributed by atoms with Gasteiger partial charge in [-0.1, -0.05) is 0 Å². The molecule has 1 aromatic carbocycles. The van der Waals surface area contributed by atoms with Crippen molar-refractivity contribution >= 4 is 5.82 Å². The summed E-state index contributed by atoms with van der Waals surface area (Å²) in [5.41, 5.74) is 1.05. The number of rotatable bonds is 3. The van der Waals surface area contributed by atoms with Gasteiger partial charge < -0.3 is 18.9 Å². The van der Waals surface area contributed by atoms with E-state index < -0.39 is 0 Å². The quantitative estimate of drug-likeness (QED) is 0.724. The van der Waals surface area contributed by atoms with Crippen LogP contribution in [0.25, 0.3) is 11.4 Å². The van der Waals surface area contributed by atoms with E-state index in [1.807, 2.05) is 30.6 Å². The summed E-state index contributed by atoms with van der Waals surface area (Å²) in [6, 6.07) is 6.43. The minimum absolute atomic E-state index is 0.286. The van der Waals surface area contributed by atoms with Crippen LogP contribution in [-0.4, -0.2) is 39.4 Å². The average molecular weight is 349 g/mol. The zero-order valence-electron chi connectivity index (χ0n) is 14.3. The van der Waals surface area contributed by atoms with E-state index in [2.05, 4.69) is 30.6 Å². The van der Waals surface area contributed by atoms with Crippen molar-refractivity contribution in [1.29, 1.82) is 0 Å². The Morgan fingerprint density at radius 1 is 0.962 bits per heavy atom. The minimum Gasteiger partial charge on any atom is -0.454 e. The molecule has 7 nitrogen and oxygen atoms in total. The Bertz CT molecular complexity index is 903. The summed E-state index contributed by atoms with van der Waals surface area (Å²) in [5, 5.41) is 0. The van der Waals surface area contributed by atoms with E-state index in [9.17, 15) is 0 Å². The molecule has 2 aromatic heterocycles. The molecule has 0 radical (unpaired) electrons. The van der Waals surface area contributed by atoms with E-state index in [0.29, 0.717) is 6.04 Å². The molecule has 2 aliphatic heterocycles. The highest BCUT2D eigenvalue weighted by molar-refractivity contribution is 5.62. The predicted molar refractivity (Wildman–Crippen MR) is 96.3 cm³/mol. The molecular weight excluding hydrogens is 330 g/mol. The van der Waals surface area contributed by atoms with Gasteiger partial charge in [-0.15, -0.1) is 0 Å². The maximum Gasteiger partial charge on any atom is 0.231 e. The van der Waals surface area contributed by atoms with Crippen LogP contribution in [0, 0.1) is 0 Å². The van der Waals surface area contributed by atoms with Crippen molar-refractivity contribution in [2.75, 3.05) is 24.8 Å². The Kier molecular flexibility index (Phi) is 3.70. The third kappa shape index (κ3) is 2.65. The molecule has 0 N–H and O–H groups in total. The van der Waals surface area contributed by atoms with Crippen LogP contribution in [0.2, 0.25) is 0 Å². The predicted octanol–water partition coefficient (Wildman–Crippen LogP) is 2.91. The highest BCUT2D eigenvalue weighted by Gasteiger charge is 2.24. The van der Waals surface area contributed by atoms with Crippen LogP contribution in [-0.2, 0) is 0 Å². The van der Waals surface area contributed by atoms with Crippen LogP contribution in [0.15, 0.2) is 49.2 Å². The number of imidazole rings is 1. The van der Waals surface area contributed by atoms with Crippen LogP contribution in [0.1, 0.15) is 18.9 Å². The van der Waals surface area contributed by atoms with Crippen LogP contribution in [0.3, 0.4) is 0 Å². The van der Waals surface area contributed by atoms with Gasteiger partial charge in [0, 0.05) is 49.5 Å². The molecule has 7 heteroatoms. The molecule has 1 saturated heterocycles. The Hall–Kier alpha value is -3.09. The largest absolute Gasteiger partial charge is 0.454 e. The van der Waals surface area contributed by atoms with Gasteiger partial charge in [-0.3, -0.25) is 4.98 Å². The normalized spacial score (nSPS) is 16.8. The molecule has 1 fully saturated rings. The number of hydrogen-bond donors (Lipinski definition) is 0. The SMILES string of the molecule is c1cnc(N2CCC(n3ccnc3-c3ccc4c(c3)OCO4)CC2)cn1. The molecule has 3 aromatic rings. The lowest BCUT2D eigenvalue weighted by Crippen LogP contribution is -2.35. The molecule has 0 aliphatic carbocycles. The molecule has 4 heterocycles. The Labute approximate surface area is 151 Å². The van der Waals surface area contributed by atoms with Crippen molar-refractivity contribution in [2.45, 2.75) is 18.9 Å². The topological polar surface area (TPSA) is 65.3 Å². The third-order valence-corrected chi connectivity index (χ3v) is 5.03. The zero-order valence-corrected chi connectivity index (χ0v) is 14.3. The average Bonchev–Trinajstić information content (AvgIpc) is 3.37. The van der Waals surface area contributed by atoms with Gasteiger partial charge in [0.15, 0.2) is 11.5 Å². The van der Waals surface area contributed by atoms with Gasteiger partial charge in [0.05, 0.1) is 6.20 Å². The second kappa shape index (κ2) is 6.33. The standard InChI is InChI=1S/C19H19N5O2/c1-2-16-17(26-13-25-16)11-14(1)19-22-7-10-24(19)15-3-8-23(9-4-15)18-12-20-5-6-21-18/h1-2,5-7,10-12,15H,3-4,8-9,13H2. The summed E-state index contributed by atoms with van der Waals surface area (Å²) in [7, 11) is 0. The summed E-state index contributed by atoms with van der Waals surface area (Å²) in [4.78, 5) is 15.5. The molecule has 132 valence electrons. The maximum atomic E-state index is 5.51. The summed E-state index contributed by atoms with van der Waals surface area (Å²) in [6.45, 7) is 2.21. The number of piperidine rings is 1. The Morgan fingerprint density at radius 2 is 1.85 bits per heavy atom. The van der Waals surface area contributed by atoms with Crippen LogP contribution in [0.5, 0.6) is 11.5 Å². The third-order valence-electron chi connectivity index (χ3n) is 5.03. The van der Waals surface area contributed by atoms with Gasteiger partial charge in [0.25, 0.3) is 0 Å². The number of anilines is 1. The first-order valence-electron chi connectivity index (χ1n) is 8.82. The molecule has 26 heavy (non-hydrogen) atoms. The Balaban J connectivity index is 1.35. The molecule has 0 saturated carbocycles. The monoisotopic (exact) mass is 349 g/mol. The molecule has 5 rings (SSSR count). The first-order chi connectivity index (χ1) is 12.9. The van der Waals surface area contributed by atoms with E-state index in [1.165, 1.54) is 0 Å². The molecule has 0 amide bonds. The van der Waals surface area contributed by atoms with Gasteiger partial charge in [-0.25, -0.2) is 9.97 Å². The lowest BCUT2D eigenvalue weighted by atomic mass is 10.0. The number of benzene rings is 1. The fraction of sp³-hybridized carbons (Fsp3) is 0.316. The van der Waals surface area contributed by atoms with Crippen LogP contribution < -0.4 is 14.4 Å². The van der Waals surface area contributed by atoms with E-state index in [1.54, 1.807) is 12.4 Å². The fourth-order valence-corrected chi connectivity index (χ4v) is 3.69. The maximum absolute atomic E-state index is 5.51. The Morgan fingerprint density at radius 3 is 2.69 bits per heavy atom. The van der Waals surface area contributed by atoms with Gasteiger partial charge in [0.1, 0.15) is 11.6 Å². The van der Waals surface area contributed by atoms with Gasteiger partial charge in [0.2, 0.25) is 6.79 Å². The highest BCUT2D eigenvalue weighted by Crippen LogP contribution is 2.37. The van der Waals surface area contributed by atoms with Gasteiger partial charge in [-0.2, -0.15) is 0 Å². The van der Waals surface area contributed by atoms with Gasteiger partial charge >= 0.3 is 0 Å². The first kappa shape index (κ1) is 15.2. The number of hydrogen-bond acceptors (Lipinski definition) is 6. The number of nitrogens with zero attached hydrogens (tertiary/aromatic N) is 5. The summed E-state index contributed by atoms with van der Waals surface area (Å²) in [6.07, 6.45) is 11.3. The van der Waals surface area contributed by atoms with Crippen LogP contribution >= 0.6 is 0 Å². The molecule has 0 unspecified atom stereocenters. The van der Waals surface area contributed by atoms with Crippen molar-refractivity contribution in [3.63, 3.8) is 0 Å². The fourth-order valence-electron chi connectivity index (χ4n) is 3.69. The highest BCUT2D eigenvalue weighted by atomic mass is 16.7. The van der Waals surface area contributed by atoms with Crippen molar-refractivity contribution < 1.29 is 9.47 Å². The smallest absolute Gasteiger partial charge is 0.231 e. The van der Waals surface area contributed by atoms with Crippen molar-refractivity contribution in [3.8, 4) is 22.9 Å². The molecule has 0 spiro atoms. The zero-order chi connectivity index (χ0) is 17.3. The van der Waals surface area contributed by atoms with Crippen molar-refractivity contribution in [1.82, 2.24) is 19.5 Å². The van der Waals surface area contributed by atoms with Crippen LogP contribution in [0.4, 0.5) is 5.82 Å². The lowest BCUT2D eigenvalue weighted by Gasteiger charge is -2.33. The first-order valence-corrected chi connectivity index (χ1v) is 8.82. The minimum atomic E-state index is 0.286. The number of fused-ring (bicyclic) bond motifs is 1. The number of ether oxygens (including phenoxy) is 2. The van der Waals surface area contributed by atoms with E-state index in [-0.39, 0.29) is 6.79 Å². The molecule has 0 bridgehead atoms. The summed E-state index contributed by atoms with van der Waals surface area (Å²) < 4.78 is 13.2. The molecular formula is C19H19N5O2. The van der Waals surface area contributed by atoms with Crippen molar-refractivity contribution in [2.24, 2.45) is 0 Å². The van der Waals surface area contributed by atoms with E-state index in [0.717, 1.165) is 54.6 Å². The summed E-state index contributed by atoms with van der Waals surface area (Å²) in [5.74, 6) is 3.51. The summed E-state index contributed by atoms with van der Waals surface area (Å²) >= 11 is 0. The van der Waals surface area contributed by atoms with Gasteiger partial charge in [-0.05, 0) is 31.0 Å². The molecule has 0 atom stereocenters. The lowest BCUT2D eigenvalue weighted by molar-refractivity contribution is 0.174. The molecule has 2 aliphatic rings. The van der Waals surface area contributed by atoms with E-state index >= 15 is 0 Å². The number of aromatic nitrogens is 4. The second-order valence-electron chi connectivity index (χ2n) is 6.51.